The summed E-state index contributed by atoms with van der Waals surface area (Å²) in [5.74, 6) is 1.68. The standard InChI is InChI=1S/C19H25N3O4/c1-11-15(21-18(23)19(2,3)4)17(26-7)22-16(20-11)14-12(24-5)9-8-10-13(14)25-6/h8-10H,1-7H3,(H,21,23). The van der Waals surface area contributed by atoms with Crippen molar-refractivity contribution in [3.63, 3.8) is 0 Å². The molecule has 0 atom stereocenters. The second-order valence-electron chi connectivity index (χ2n) is 6.76. The van der Waals surface area contributed by atoms with Gasteiger partial charge in [0.25, 0.3) is 0 Å². The van der Waals surface area contributed by atoms with Crippen molar-refractivity contribution in [2.45, 2.75) is 27.7 Å². The van der Waals surface area contributed by atoms with Crippen LogP contribution >= 0.6 is 0 Å². The van der Waals surface area contributed by atoms with Crippen molar-refractivity contribution in [2.75, 3.05) is 26.6 Å². The first-order chi connectivity index (χ1) is 12.2. The molecule has 7 nitrogen and oxygen atoms in total. The normalized spacial score (nSPS) is 11.0. The van der Waals surface area contributed by atoms with Crippen LogP contribution in [0.5, 0.6) is 17.4 Å². The van der Waals surface area contributed by atoms with E-state index in [0.717, 1.165) is 0 Å². The van der Waals surface area contributed by atoms with Gasteiger partial charge in [0.1, 0.15) is 22.7 Å². The summed E-state index contributed by atoms with van der Waals surface area (Å²) in [7, 11) is 4.64. The Balaban J connectivity index is 2.59. The van der Waals surface area contributed by atoms with Crippen LogP contribution in [0.1, 0.15) is 26.5 Å². The molecule has 140 valence electrons. The summed E-state index contributed by atoms with van der Waals surface area (Å²) < 4.78 is 16.3. The van der Waals surface area contributed by atoms with Crippen LogP contribution in [0.15, 0.2) is 18.2 Å². The molecule has 1 amide bonds. The predicted octanol–water partition coefficient (Wildman–Crippen LogP) is 3.46. The fourth-order valence-corrected chi connectivity index (χ4v) is 2.32. The second kappa shape index (κ2) is 7.59. The summed E-state index contributed by atoms with van der Waals surface area (Å²) >= 11 is 0. The Kier molecular flexibility index (Phi) is 5.69. The molecule has 2 aromatic rings. The van der Waals surface area contributed by atoms with Crippen molar-refractivity contribution in [2.24, 2.45) is 5.41 Å². The van der Waals surface area contributed by atoms with Gasteiger partial charge in [-0.3, -0.25) is 4.79 Å². The Morgan fingerprint density at radius 2 is 1.58 bits per heavy atom. The number of hydrogen-bond donors (Lipinski definition) is 1. The quantitative estimate of drug-likeness (QED) is 0.880. The second-order valence-corrected chi connectivity index (χ2v) is 6.76. The molecule has 0 spiro atoms. The highest BCUT2D eigenvalue weighted by Gasteiger charge is 2.25. The predicted molar refractivity (Wildman–Crippen MR) is 99.9 cm³/mol. The molecule has 0 aliphatic carbocycles. The highest BCUT2D eigenvalue weighted by Crippen LogP contribution is 2.38. The molecule has 0 radical (unpaired) electrons. The zero-order chi connectivity index (χ0) is 19.5. The molecule has 0 bridgehead atoms. The molecule has 0 aliphatic heterocycles. The molecule has 0 saturated heterocycles. The number of benzene rings is 1. The highest BCUT2D eigenvalue weighted by molar-refractivity contribution is 5.96. The minimum absolute atomic E-state index is 0.148. The number of nitrogens with zero attached hydrogens (tertiary/aromatic N) is 2. The minimum Gasteiger partial charge on any atom is -0.496 e. The molecule has 0 saturated carbocycles. The van der Waals surface area contributed by atoms with Gasteiger partial charge >= 0.3 is 0 Å². The molecule has 1 heterocycles. The first-order valence-electron chi connectivity index (χ1n) is 8.18. The van der Waals surface area contributed by atoms with Crippen molar-refractivity contribution in [3.8, 4) is 28.8 Å². The molecule has 2 rings (SSSR count). The summed E-state index contributed by atoms with van der Waals surface area (Å²) in [4.78, 5) is 21.4. The van der Waals surface area contributed by atoms with Crippen molar-refractivity contribution in [3.05, 3.63) is 23.9 Å². The van der Waals surface area contributed by atoms with Gasteiger partial charge in [0.2, 0.25) is 11.8 Å². The summed E-state index contributed by atoms with van der Waals surface area (Å²) in [6, 6.07) is 5.43. The van der Waals surface area contributed by atoms with Crippen LogP contribution in [0.2, 0.25) is 0 Å². The number of aryl methyl sites for hydroxylation is 1. The number of carbonyl (C=O) groups is 1. The first-order valence-corrected chi connectivity index (χ1v) is 8.18. The molecule has 7 heteroatoms. The summed E-state index contributed by atoms with van der Waals surface area (Å²) in [6.07, 6.45) is 0. The number of nitrogens with one attached hydrogen (secondary N) is 1. The zero-order valence-electron chi connectivity index (χ0n) is 16.3. The minimum atomic E-state index is -0.554. The van der Waals surface area contributed by atoms with Gasteiger partial charge in [-0.25, -0.2) is 4.98 Å². The smallest absolute Gasteiger partial charge is 0.241 e. The van der Waals surface area contributed by atoms with Gasteiger partial charge in [0.05, 0.1) is 27.0 Å². The lowest BCUT2D eigenvalue weighted by Crippen LogP contribution is -2.28. The number of anilines is 1. The largest absolute Gasteiger partial charge is 0.496 e. The number of carbonyl (C=O) groups excluding carboxylic acids is 1. The van der Waals surface area contributed by atoms with Crippen LogP contribution in [0.3, 0.4) is 0 Å². The highest BCUT2D eigenvalue weighted by atomic mass is 16.5. The van der Waals surface area contributed by atoms with Crippen LogP contribution in [0.25, 0.3) is 11.4 Å². The summed E-state index contributed by atoms with van der Waals surface area (Å²) in [5, 5.41) is 2.85. The Labute approximate surface area is 153 Å². The molecular formula is C19H25N3O4. The van der Waals surface area contributed by atoms with Crippen LogP contribution < -0.4 is 19.5 Å². The molecule has 0 fully saturated rings. The molecule has 26 heavy (non-hydrogen) atoms. The lowest BCUT2D eigenvalue weighted by atomic mass is 9.95. The third-order valence-electron chi connectivity index (χ3n) is 3.82. The monoisotopic (exact) mass is 359 g/mol. The number of hydrogen-bond acceptors (Lipinski definition) is 6. The van der Waals surface area contributed by atoms with Gasteiger partial charge in [-0.1, -0.05) is 26.8 Å². The third-order valence-corrected chi connectivity index (χ3v) is 3.82. The van der Waals surface area contributed by atoms with E-state index in [4.69, 9.17) is 14.2 Å². The fourth-order valence-electron chi connectivity index (χ4n) is 2.32. The Morgan fingerprint density at radius 3 is 2.04 bits per heavy atom. The molecule has 1 aromatic heterocycles. The number of aromatic nitrogens is 2. The zero-order valence-corrected chi connectivity index (χ0v) is 16.3. The van der Waals surface area contributed by atoms with Gasteiger partial charge in [0, 0.05) is 5.41 Å². The summed E-state index contributed by atoms with van der Waals surface area (Å²) in [6.45, 7) is 7.28. The van der Waals surface area contributed by atoms with E-state index in [9.17, 15) is 4.79 Å². The van der Waals surface area contributed by atoms with Crippen molar-refractivity contribution in [1.82, 2.24) is 9.97 Å². The molecule has 1 aromatic carbocycles. The van der Waals surface area contributed by atoms with E-state index in [1.54, 1.807) is 33.3 Å². The molecule has 0 unspecified atom stereocenters. The number of methoxy groups -OCH3 is 3. The van der Waals surface area contributed by atoms with Gasteiger partial charge < -0.3 is 19.5 Å². The van der Waals surface area contributed by atoms with Crippen molar-refractivity contribution in [1.29, 1.82) is 0 Å². The fraction of sp³-hybridized carbons (Fsp3) is 0.421. The van der Waals surface area contributed by atoms with E-state index in [1.165, 1.54) is 7.11 Å². The van der Waals surface area contributed by atoms with Crippen molar-refractivity contribution < 1.29 is 19.0 Å². The average Bonchev–Trinajstić information content (AvgIpc) is 2.61. The van der Waals surface area contributed by atoms with Crippen LogP contribution in [-0.2, 0) is 4.79 Å². The van der Waals surface area contributed by atoms with E-state index in [-0.39, 0.29) is 11.8 Å². The van der Waals surface area contributed by atoms with Gasteiger partial charge in [-0.15, -0.1) is 0 Å². The Bertz CT molecular complexity index is 791. The average molecular weight is 359 g/mol. The Morgan fingerprint density at radius 1 is 1.00 bits per heavy atom. The maximum absolute atomic E-state index is 12.3. The Hall–Kier alpha value is -2.83. The van der Waals surface area contributed by atoms with Crippen LogP contribution in [0.4, 0.5) is 5.69 Å². The number of rotatable bonds is 5. The number of amides is 1. The number of ether oxygens (including phenoxy) is 3. The van der Waals surface area contributed by atoms with E-state index >= 15 is 0 Å². The maximum atomic E-state index is 12.3. The topological polar surface area (TPSA) is 82.6 Å². The molecular weight excluding hydrogens is 334 g/mol. The van der Waals surface area contributed by atoms with Gasteiger partial charge in [-0.2, -0.15) is 4.98 Å². The van der Waals surface area contributed by atoms with Crippen LogP contribution in [-0.4, -0.2) is 37.2 Å². The van der Waals surface area contributed by atoms with E-state index in [0.29, 0.717) is 34.3 Å². The summed E-state index contributed by atoms with van der Waals surface area (Å²) in [5.41, 5.74) is 1.09. The molecule has 0 aliphatic rings. The lowest BCUT2D eigenvalue weighted by molar-refractivity contribution is -0.123. The van der Waals surface area contributed by atoms with Gasteiger partial charge in [0.15, 0.2) is 5.82 Å². The van der Waals surface area contributed by atoms with Crippen LogP contribution in [0, 0.1) is 12.3 Å². The van der Waals surface area contributed by atoms with E-state index in [2.05, 4.69) is 15.3 Å². The van der Waals surface area contributed by atoms with E-state index < -0.39 is 5.41 Å². The van der Waals surface area contributed by atoms with Crippen molar-refractivity contribution >= 4 is 11.6 Å². The van der Waals surface area contributed by atoms with Gasteiger partial charge in [-0.05, 0) is 19.1 Å². The third kappa shape index (κ3) is 3.87. The molecule has 1 N–H and O–H groups in total. The maximum Gasteiger partial charge on any atom is 0.241 e. The lowest BCUT2D eigenvalue weighted by Gasteiger charge is -2.20. The van der Waals surface area contributed by atoms with E-state index in [1.807, 2.05) is 26.8 Å². The SMILES string of the molecule is COc1cccc(OC)c1-c1nc(C)c(NC(=O)C(C)(C)C)c(OC)n1. The first kappa shape index (κ1) is 19.5.